The van der Waals surface area contributed by atoms with Crippen molar-refractivity contribution in [2.24, 2.45) is 11.8 Å². The zero-order valence-electron chi connectivity index (χ0n) is 29.0. The van der Waals surface area contributed by atoms with Crippen molar-refractivity contribution >= 4 is 56.4 Å². The number of sulfonamides is 1. The molecule has 4 aromatic rings. The van der Waals surface area contributed by atoms with Crippen LogP contribution in [-0.2, 0) is 14.8 Å². The Bertz CT molecular complexity index is 2060. The number of para-hydroxylation sites is 1. The highest BCUT2D eigenvalue weighted by Gasteiger charge is 2.35. The van der Waals surface area contributed by atoms with Crippen LogP contribution in [0.25, 0.3) is 21.9 Å². The number of nitrogens with zero attached hydrogens (tertiary/aromatic N) is 3. The molecule has 2 unspecified atom stereocenters. The minimum atomic E-state index is -3.89. The van der Waals surface area contributed by atoms with Crippen LogP contribution in [0.4, 0.5) is 11.4 Å². The first kappa shape index (κ1) is 37.6. The molecule has 1 aliphatic rings. The maximum absolute atomic E-state index is 13.7. The molecule has 270 valence electrons. The lowest BCUT2D eigenvalue weighted by molar-refractivity contribution is -0.0159. The standard InChI is InChI=1S/C37H43ClN6O6S/c1-5-6-7-8-9-14-22-51(48,49)43-36(46)27-20-12-13-21-28(27)40-35(45)26-19-11-10-18-25(26)33-41-34-29(30(39-4)32(38)44(34)42-33)37(47)50-31-23(2)16-15-17-24(31)3/h10-13,18-21,23-24,31H,5-9,14-17,22H2,1-3H3,(H,40,45)(H,41,42)(H,43,46). The van der Waals surface area contributed by atoms with Crippen molar-refractivity contribution in [1.29, 1.82) is 0 Å². The van der Waals surface area contributed by atoms with Gasteiger partial charge >= 0.3 is 5.97 Å². The van der Waals surface area contributed by atoms with Gasteiger partial charge in [-0.3, -0.25) is 14.7 Å². The molecule has 3 N–H and O–H groups in total. The molecule has 0 spiro atoms. The van der Waals surface area contributed by atoms with Gasteiger partial charge in [0.15, 0.2) is 11.5 Å². The number of amides is 2. The Labute approximate surface area is 303 Å². The van der Waals surface area contributed by atoms with Crippen LogP contribution in [0, 0.1) is 18.4 Å². The number of hydrogen-bond acceptors (Lipinski definition) is 7. The van der Waals surface area contributed by atoms with E-state index < -0.39 is 27.8 Å². The predicted molar refractivity (Wildman–Crippen MR) is 197 cm³/mol. The lowest BCUT2D eigenvalue weighted by Gasteiger charge is -2.33. The van der Waals surface area contributed by atoms with Crippen LogP contribution in [0.1, 0.15) is 110 Å². The SMILES string of the molecule is [C-]#[N+]c1c(C(=O)OC2C(C)CCCC2C)c2nc(-c3ccccc3C(=O)Nc3ccccc3C(=O)NS(=O)(=O)CCCCCCCC)[nH]n2c1Cl. The second kappa shape index (κ2) is 16.6. The molecular weight excluding hydrogens is 692 g/mol. The maximum Gasteiger partial charge on any atom is 0.331 e. The number of benzene rings is 2. The van der Waals surface area contributed by atoms with Gasteiger partial charge in [0.1, 0.15) is 16.8 Å². The van der Waals surface area contributed by atoms with Gasteiger partial charge in [-0.25, -0.2) is 32.3 Å². The van der Waals surface area contributed by atoms with Crippen molar-refractivity contribution in [2.75, 3.05) is 11.1 Å². The number of H-pyrrole nitrogens is 1. The molecule has 2 aromatic heterocycles. The third kappa shape index (κ3) is 8.63. The zero-order chi connectivity index (χ0) is 36.7. The first-order valence-electron chi connectivity index (χ1n) is 17.4. The number of aromatic nitrogens is 3. The van der Waals surface area contributed by atoms with Crippen LogP contribution in [0.15, 0.2) is 48.5 Å². The van der Waals surface area contributed by atoms with E-state index in [0.29, 0.717) is 12.0 Å². The number of carbonyl (C=O) groups excluding carboxylic acids is 3. The molecule has 2 aromatic carbocycles. The maximum atomic E-state index is 13.7. The second-order valence-corrected chi connectivity index (χ2v) is 15.4. The highest BCUT2D eigenvalue weighted by molar-refractivity contribution is 7.90. The Hall–Kier alpha value is -4.67. The molecule has 0 radical (unpaired) electrons. The monoisotopic (exact) mass is 734 g/mol. The van der Waals surface area contributed by atoms with E-state index in [9.17, 15) is 22.8 Å². The van der Waals surface area contributed by atoms with Gasteiger partial charge in [0.2, 0.25) is 15.7 Å². The van der Waals surface area contributed by atoms with Crippen LogP contribution in [0.3, 0.4) is 0 Å². The van der Waals surface area contributed by atoms with Gasteiger partial charge in [-0.2, -0.15) is 0 Å². The molecule has 1 fully saturated rings. The Kier molecular flexibility index (Phi) is 12.2. The summed E-state index contributed by atoms with van der Waals surface area (Å²) in [4.78, 5) is 48.6. The Morgan fingerprint density at radius 3 is 2.33 bits per heavy atom. The summed E-state index contributed by atoms with van der Waals surface area (Å²) < 4.78 is 34.8. The molecule has 1 aliphatic carbocycles. The molecule has 2 atom stereocenters. The minimum Gasteiger partial charge on any atom is -0.459 e. The molecule has 0 saturated heterocycles. The molecule has 51 heavy (non-hydrogen) atoms. The minimum absolute atomic E-state index is 0.0228. The van der Waals surface area contributed by atoms with Gasteiger partial charge in [0.25, 0.3) is 11.8 Å². The molecule has 0 aliphatic heterocycles. The van der Waals surface area contributed by atoms with Crippen molar-refractivity contribution in [3.05, 3.63) is 81.8 Å². The number of esters is 1. The quantitative estimate of drug-likeness (QED) is 0.0670. The van der Waals surface area contributed by atoms with E-state index in [1.165, 1.54) is 16.6 Å². The molecule has 0 bridgehead atoms. The van der Waals surface area contributed by atoms with E-state index in [4.69, 9.17) is 22.9 Å². The average molecular weight is 735 g/mol. The third-order valence-corrected chi connectivity index (χ3v) is 11.0. The first-order chi connectivity index (χ1) is 24.5. The van der Waals surface area contributed by atoms with E-state index in [0.717, 1.165) is 51.4 Å². The van der Waals surface area contributed by atoms with Gasteiger partial charge in [-0.05, 0) is 49.3 Å². The molecule has 5 rings (SSSR count). The summed E-state index contributed by atoms with van der Waals surface area (Å²) in [5, 5.41) is 5.69. The van der Waals surface area contributed by atoms with Crippen LogP contribution in [0.2, 0.25) is 5.15 Å². The topological polar surface area (TPSA) is 156 Å². The van der Waals surface area contributed by atoms with Crippen molar-refractivity contribution in [3.8, 4) is 11.4 Å². The van der Waals surface area contributed by atoms with Gasteiger partial charge in [0.05, 0.1) is 29.1 Å². The first-order valence-corrected chi connectivity index (χ1v) is 19.4. The summed E-state index contributed by atoms with van der Waals surface area (Å²) in [7, 11) is -3.89. The van der Waals surface area contributed by atoms with Gasteiger partial charge in [0, 0.05) is 5.56 Å². The summed E-state index contributed by atoms with van der Waals surface area (Å²) in [6, 6.07) is 12.7. The van der Waals surface area contributed by atoms with Gasteiger partial charge in [-0.15, -0.1) is 0 Å². The van der Waals surface area contributed by atoms with E-state index >= 15 is 0 Å². The fourth-order valence-corrected chi connectivity index (χ4v) is 7.97. The molecule has 14 heteroatoms. The van der Waals surface area contributed by atoms with Crippen molar-refractivity contribution in [3.63, 3.8) is 0 Å². The van der Waals surface area contributed by atoms with Crippen molar-refractivity contribution in [2.45, 2.75) is 84.7 Å². The Balaban J connectivity index is 1.37. The van der Waals surface area contributed by atoms with Crippen LogP contribution >= 0.6 is 11.6 Å². The zero-order valence-corrected chi connectivity index (χ0v) is 30.6. The number of ether oxygens (including phenoxy) is 1. The van der Waals surface area contributed by atoms with Crippen molar-refractivity contribution < 1.29 is 27.5 Å². The van der Waals surface area contributed by atoms with E-state index in [-0.39, 0.29) is 68.4 Å². The number of fused-ring (bicyclic) bond motifs is 1. The fraction of sp³-hybridized carbons (Fsp3) is 0.432. The van der Waals surface area contributed by atoms with E-state index in [1.807, 2.05) is 13.8 Å². The van der Waals surface area contributed by atoms with Crippen LogP contribution in [0.5, 0.6) is 0 Å². The Morgan fingerprint density at radius 2 is 1.63 bits per heavy atom. The average Bonchev–Trinajstić information content (AvgIpc) is 3.65. The summed E-state index contributed by atoms with van der Waals surface area (Å²) >= 11 is 6.57. The van der Waals surface area contributed by atoms with Gasteiger partial charge < -0.3 is 10.1 Å². The molecule has 2 heterocycles. The highest BCUT2D eigenvalue weighted by Crippen LogP contribution is 2.38. The lowest BCUT2D eigenvalue weighted by atomic mass is 9.80. The van der Waals surface area contributed by atoms with Crippen LogP contribution in [-0.4, -0.2) is 52.7 Å². The molecule has 12 nitrogen and oxygen atoms in total. The summed E-state index contributed by atoms with van der Waals surface area (Å²) in [5.74, 6) is -1.81. The third-order valence-electron chi connectivity index (χ3n) is 9.36. The summed E-state index contributed by atoms with van der Waals surface area (Å²) in [6.07, 6.45) is 7.97. The number of halogens is 1. The normalized spacial score (nSPS) is 17.5. The number of nitrogens with one attached hydrogen (secondary N) is 3. The number of rotatable bonds is 14. The summed E-state index contributed by atoms with van der Waals surface area (Å²) in [6.45, 7) is 13.9. The largest absolute Gasteiger partial charge is 0.459 e. The van der Waals surface area contributed by atoms with Gasteiger partial charge in [-0.1, -0.05) is 101 Å². The van der Waals surface area contributed by atoms with E-state index in [1.54, 1.807) is 36.4 Å². The number of aromatic amines is 1. The van der Waals surface area contributed by atoms with Crippen molar-refractivity contribution in [1.82, 2.24) is 19.3 Å². The number of anilines is 1. The number of hydrogen-bond donors (Lipinski definition) is 3. The fourth-order valence-electron chi connectivity index (χ4n) is 6.63. The van der Waals surface area contributed by atoms with Crippen LogP contribution < -0.4 is 10.0 Å². The molecule has 1 saturated carbocycles. The Morgan fingerprint density at radius 1 is 0.980 bits per heavy atom. The number of carbonyl (C=O) groups is 3. The lowest BCUT2D eigenvalue weighted by Crippen LogP contribution is -2.34. The molecule has 2 amide bonds. The highest BCUT2D eigenvalue weighted by atomic mass is 35.5. The summed E-state index contributed by atoms with van der Waals surface area (Å²) in [5.41, 5.74) is 0.533. The smallest absolute Gasteiger partial charge is 0.331 e. The molecular formula is C37H43ClN6O6S. The van der Waals surface area contributed by atoms with E-state index in [2.05, 4.69) is 31.9 Å². The second-order valence-electron chi connectivity index (χ2n) is 13.2. The number of unbranched alkanes of at least 4 members (excludes halogenated alkanes) is 5. The predicted octanol–water partition coefficient (Wildman–Crippen LogP) is 8.19.